The Morgan fingerprint density at radius 1 is 1.15 bits per heavy atom. The van der Waals surface area contributed by atoms with Crippen molar-refractivity contribution in [1.29, 1.82) is 0 Å². The summed E-state index contributed by atoms with van der Waals surface area (Å²) in [4.78, 5) is 0. The maximum atomic E-state index is 13.3. The smallest absolute Gasteiger partial charge is 0.168 e. The average molecular weight is 301 g/mol. The van der Waals surface area contributed by atoms with Crippen molar-refractivity contribution < 1.29 is 19.0 Å². The van der Waals surface area contributed by atoms with Gasteiger partial charge in [0.1, 0.15) is 5.82 Å². The van der Waals surface area contributed by atoms with Gasteiger partial charge in [-0.25, -0.2) is 4.39 Å². The second kappa shape index (κ2) is 5.26. The van der Waals surface area contributed by atoms with Crippen LogP contribution in [-0.4, -0.2) is 29.7 Å². The Kier molecular flexibility index (Phi) is 3.75. The van der Waals surface area contributed by atoms with Gasteiger partial charge in [-0.1, -0.05) is 11.6 Å². The van der Waals surface area contributed by atoms with E-state index in [0.717, 1.165) is 0 Å². The standard InChI is InChI=1S/C15H18ClFO3/c16-13-2-1-12(17)9-11(13)10-14(18)3-5-15(6-4-14)19-7-8-20-15/h1-2,9,18H,3-8,10H2. The molecule has 1 heterocycles. The average Bonchev–Trinajstić information content (AvgIpc) is 2.87. The van der Waals surface area contributed by atoms with E-state index >= 15 is 0 Å². The summed E-state index contributed by atoms with van der Waals surface area (Å²) in [6.45, 7) is 1.24. The molecular weight excluding hydrogens is 283 g/mol. The largest absolute Gasteiger partial charge is 0.390 e. The molecule has 1 spiro atoms. The molecule has 110 valence electrons. The Labute approximate surface area is 122 Å². The zero-order chi connectivity index (χ0) is 14.2. The van der Waals surface area contributed by atoms with Crippen LogP contribution in [-0.2, 0) is 15.9 Å². The lowest BCUT2D eigenvalue weighted by atomic mass is 9.78. The van der Waals surface area contributed by atoms with Crippen molar-refractivity contribution in [3.05, 3.63) is 34.6 Å². The predicted molar refractivity (Wildman–Crippen MR) is 73.2 cm³/mol. The number of aliphatic hydroxyl groups is 1. The molecule has 3 nitrogen and oxygen atoms in total. The molecule has 1 saturated heterocycles. The van der Waals surface area contributed by atoms with Gasteiger partial charge in [0.25, 0.3) is 0 Å². The Morgan fingerprint density at radius 3 is 2.45 bits per heavy atom. The molecule has 20 heavy (non-hydrogen) atoms. The molecule has 1 aliphatic carbocycles. The third-order valence-electron chi connectivity index (χ3n) is 4.28. The first-order chi connectivity index (χ1) is 9.50. The predicted octanol–water partition coefficient (Wildman–Crippen LogP) is 3.07. The molecule has 1 aliphatic heterocycles. The summed E-state index contributed by atoms with van der Waals surface area (Å²) in [7, 11) is 0. The topological polar surface area (TPSA) is 38.7 Å². The molecule has 0 amide bonds. The van der Waals surface area contributed by atoms with Gasteiger partial charge in [0, 0.05) is 24.3 Å². The zero-order valence-electron chi connectivity index (χ0n) is 11.2. The second-order valence-electron chi connectivity index (χ2n) is 5.74. The maximum Gasteiger partial charge on any atom is 0.168 e. The maximum absolute atomic E-state index is 13.3. The molecule has 1 aromatic rings. The quantitative estimate of drug-likeness (QED) is 0.912. The van der Waals surface area contributed by atoms with Gasteiger partial charge in [0.05, 0.1) is 18.8 Å². The van der Waals surface area contributed by atoms with Gasteiger partial charge in [-0.15, -0.1) is 0 Å². The van der Waals surface area contributed by atoms with Crippen LogP contribution in [0.25, 0.3) is 0 Å². The van der Waals surface area contributed by atoms with Gasteiger partial charge < -0.3 is 14.6 Å². The molecular formula is C15H18ClFO3. The molecule has 1 saturated carbocycles. The van der Waals surface area contributed by atoms with E-state index in [1.165, 1.54) is 18.2 Å². The van der Waals surface area contributed by atoms with Crippen molar-refractivity contribution in [3.63, 3.8) is 0 Å². The Balaban J connectivity index is 1.70. The fourth-order valence-electron chi connectivity index (χ4n) is 3.09. The number of ether oxygens (including phenoxy) is 2. The summed E-state index contributed by atoms with van der Waals surface area (Å²) in [5, 5.41) is 11.2. The number of hydrogen-bond acceptors (Lipinski definition) is 3. The van der Waals surface area contributed by atoms with Gasteiger partial charge in [-0.2, -0.15) is 0 Å². The van der Waals surface area contributed by atoms with Gasteiger partial charge in [0.15, 0.2) is 5.79 Å². The van der Waals surface area contributed by atoms with E-state index in [-0.39, 0.29) is 5.82 Å². The van der Waals surface area contributed by atoms with Gasteiger partial charge in [-0.05, 0) is 36.6 Å². The van der Waals surface area contributed by atoms with Crippen molar-refractivity contribution in [2.45, 2.75) is 43.5 Å². The van der Waals surface area contributed by atoms with Gasteiger partial charge >= 0.3 is 0 Å². The third kappa shape index (κ3) is 2.84. The van der Waals surface area contributed by atoms with Crippen molar-refractivity contribution in [2.24, 2.45) is 0 Å². The summed E-state index contributed by atoms with van der Waals surface area (Å²) >= 11 is 6.07. The highest BCUT2D eigenvalue weighted by Gasteiger charge is 2.45. The monoisotopic (exact) mass is 300 g/mol. The van der Waals surface area contributed by atoms with Crippen LogP contribution in [0.5, 0.6) is 0 Å². The first-order valence-corrected chi connectivity index (χ1v) is 7.32. The van der Waals surface area contributed by atoms with E-state index in [0.29, 0.717) is 55.9 Å². The van der Waals surface area contributed by atoms with E-state index in [9.17, 15) is 9.50 Å². The van der Waals surface area contributed by atoms with E-state index in [1.807, 2.05) is 0 Å². The van der Waals surface area contributed by atoms with Crippen LogP contribution in [0.3, 0.4) is 0 Å². The van der Waals surface area contributed by atoms with Crippen molar-refractivity contribution in [2.75, 3.05) is 13.2 Å². The molecule has 3 rings (SSSR count). The van der Waals surface area contributed by atoms with E-state index in [2.05, 4.69) is 0 Å². The molecule has 0 unspecified atom stereocenters. The van der Waals surface area contributed by atoms with Crippen molar-refractivity contribution >= 4 is 11.6 Å². The second-order valence-corrected chi connectivity index (χ2v) is 6.15. The molecule has 5 heteroatoms. The molecule has 2 aliphatic rings. The minimum absolute atomic E-state index is 0.331. The van der Waals surface area contributed by atoms with Gasteiger partial charge in [0.2, 0.25) is 0 Å². The fourth-order valence-corrected chi connectivity index (χ4v) is 3.28. The van der Waals surface area contributed by atoms with Crippen molar-refractivity contribution in [1.82, 2.24) is 0 Å². The summed E-state index contributed by atoms with van der Waals surface area (Å²) in [5.74, 6) is -0.833. The highest BCUT2D eigenvalue weighted by molar-refractivity contribution is 6.31. The van der Waals surface area contributed by atoms with Crippen LogP contribution in [0, 0.1) is 5.82 Å². The lowest BCUT2D eigenvalue weighted by Gasteiger charge is -2.40. The van der Waals surface area contributed by atoms with Crippen LogP contribution >= 0.6 is 11.6 Å². The third-order valence-corrected chi connectivity index (χ3v) is 4.65. The summed E-state index contributed by atoms with van der Waals surface area (Å²) in [6, 6.07) is 4.25. The normalized spacial score (nSPS) is 24.1. The summed E-state index contributed by atoms with van der Waals surface area (Å²) in [5.41, 5.74) is -0.212. The minimum Gasteiger partial charge on any atom is -0.390 e. The zero-order valence-corrected chi connectivity index (χ0v) is 12.0. The molecule has 2 fully saturated rings. The minimum atomic E-state index is -0.863. The Morgan fingerprint density at radius 2 is 1.80 bits per heavy atom. The van der Waals surface area contributed by atoms with Crippen molar-refractivity contribution in [3.8, 4) is 0 Å². The first-order valence-electron chi connectivity index (χ1n) is 6.95. The van der Waals surface area contributed by atoms with Gasteiger partial charge in [-0.3, -0.25) is 0 Å². The lowest BCUT2D eigenvalue weighted by molar-refractivity contribution is -0.202. The first kappa shape index (κ1) is 14.3. The summed E-state index contributed by atoms with van der Waals surface area (Å²) < 4.78 is 24.6. The fraction of sp³-hybridized carbons (Fsp3) is 0.600. The molecule has 0 radical (unpaired) electrons. The highest BCUT2D eigenvalue weighted by atomic mass is 35.5. The van der Waals surface area contributed by atoms with E-state index in [1.54, 1.807) is 0 Å². The van der Waals surface area contributed by atoms with E-state index in [4.69, 9.17) is 21.1 Å². The van der Waals surface area contributed by atoms with Crippen LogP contribution in [0.1, 0.15) is 31.2 Å². The summed E-state index contributed by atoms with van der Waals surface area (Å²) in [6.07, 6.45) is 2.83. The molecule has 0 bridgehead atoms. The number of benzene rings is 1. The SMILES string of the molecule is OC1(Cc2cc(F)ccc2Cl)CCC2(CC1)OCCO2. The van der Waals surface area contributed by atoms with Crippen LogP contribution in [0.4, 0.5) is 4.39 Å². The lowest BCUT2D eigenvalue weighted by Crippen LogP contribution is -2.44. The van der Waals surface area contributed by atoms with Crippen LogP contribution < -0.4 is 0 Å². The highest BCUT2D eigenvalue weighted by Crippen LogP contribution is 2.42. The number of hydrogen-bond donors (Lipinski definition) is 1. The molecule has 0 atom stereocenters. The van der Waals surface area contributed by atoms with E-state index < -0.39 is 11.4 Å². The van der Waals surface area contributed by atoms with Crippen LogP contribution in [0.15, 0.2) is 18.2 Å². The molecule has 1 aromatic carbocycles. The molecule has 0 aromatic heterocycles. The Hall–Kier alpha value is -0.680. The Bertz CT molecular complexity index is 490. The number of rotatable bonds is 2. The van der Waals surface area contributed by atoms with Crippen LogP contribution in [0.2, 0.25) is 5.02 Å². The molecule has 1 N–H and O–H groups in total. The number of halogens is 2.